The molecule has 0 aliphatic rings. The molecule has 0 atom stereocenters. The van der Waals surface area contributed by atoms with E-state index in [-0.39, 0.29) is 10.8 Å². The monoisotopic (exact) mass is 289 g/mol. The summed E-state index contributed by atoms with van der Waals surface area (Å²) >= 11 is 7.32. The zero-order valence-corrected chi connectivity index (χ0v) is 11.2. The van der Waals surface area contributed by atoms with E-state index in [1.54, 1.807) is 18.2 Å². The molecule has 1 heterocycles. The highest BCUT2D eigenvalue weighted by atomic mass is 35.5. The van der Waals surface area contributed by atoms with Crippen molar-refractivity contribution >= 4 is 33.0 Å². The largest absolute Gasteiger partial charge is 0.429 e. The molecule has 5 heteroatoms. The third kappa shape index (κ3) is 2.45. The van der Waals surface area contributed by atoms with E-state index in [4.69, 9.17) is 16.3 Å². The average Bonchev–Trinajstić information content (AvgIpc) is 2.42. The molecule has 2 aromatic carbocycles. The van der Waals surface area contributed by atoms with Crippen molar-refractivity contribution in [2.45, 2.75) is 0 Å². The van der Waals surface area contributed by atoms with E-state index in [9.17, 15) is 4.79 Å². The Hall–Kier alpha value is -1.91. The Morgan fingerprint density at radius 2 is 1.79 bits per heavy atom. The molecule has 0 amide bonds. The lowest BCUT2D eigenvalue weighted by molar-refractivity contribution is 0.477. The molecule has 0 fully saturated rings. The first kappa shape index (κ1) is 12.1. The molecular weight excluding hydrogens is 282 g/mol. The van der Waals surface area contributed by atoms with Crippen LogP contribution in [0, 0.1) is 0 Å². The first-order valence-electron chi connectivity index (χ1n) is 5.56. The summed E-state index contributed by atoms with van der Waals surface area (Å²) in [5.74, 6) is 0.489. The number of nitrogens with zero attached hydrogens (tertiary/aromatic N) is 1. The van der Waals surface area contributed by atoms with E-state index in [1.165, 1.54) is 11.3 Å². The summed E-state index contributed by atoms with van der Waals surface area (Å²) < 4.78 is 6.41. The molecule has 1 aromatic heterocycles. The van der Waals surface area contributed by atoms with Gasteiger partial charge in [0.05, 0.1) is 10.4 Å². The van der Waals surface area contributed by atoms with Gasteiger partial charge in [0.2, 0.25) is 0 Å². The van der Waals surface area contributed by atoms with Gasteiger partial charge in [-0.1, -0.05) is 47.2 Å². The van der Waals surface area contributed by atoms with Crippen LogP contribution in [-0.4, -0.2) is 4.98 Å². The van der Waals surface area contributed by atoms with Gasteiger partial charge in [-0.05, 0) is 24.3 Å². The molecule has 3 rings (SSSR count). The van der Waals surface area contributed by atoms with Crippen molar-refractivity contribution in [3.05, 3.63) is 63.9 Å². The van der Waals surface area contributed by atoms with Crippen LogP contribution in [0.4, 0.5) is 0 Å². The van der Waals surface area contributed by atoms with Gasteiger partial charge in [-0.3, -0.25) is 4.79 Å². The Balaban J connectivity index is 2.07. The van der Waals surface area contributed by atoms with E-state index >= 15 is 0 Å². The topological polar surface area (TPSA) is 39.2 Å². The van der Waals surface area contributed by atoms with E-state index < -0.39 is 0 Å². The molecule has 0 unspecified atom stereocenters. The van der Waals surface area contributed by atoms with E-state index in [2.05, 4.69) is 4.98 Å². The fraction of sp³-hybridized carbons (Fsp3) is 0. The molecule has 94 valence electrons. The van der Waals surface area contributed by atoms with Gasteiger partial charge in [0.25, 0.3) is 10.8 Å². The van der Waals surface area contributed by atoms with E-state index in [1.807, 2.05) is 30.3 Å². The molecule has 0 radical (unpaired) electrons. The number of aromatic nitrogens is 1. The molecular formula is C14H8ClNO2S. The Bertz CT molecular complexity index is 801. The first-order chi connectivity index (χ1) is 9.24. The summed E-state index contributed by atoms with van der Waals surface area (Å²) in [4.78, 5) is 15.8. The molecule has 0 saturated heterocycles. The van der Waals surface area contributed by atoms with Crippen LogP contribution in [0.3, 0.4) is 0 Å². The third-order valence-electron chi connectivity index (χ3n) is 2.54. The minimum atomic E-state index is -0.295. The quantitative estimate of drug-likeness (QED) is 0.713. The normalized spacial score (nSPS) is 10.6. The second kappa shape index (κ2) is 4.99. The van der Waals surface area contributed by atoms with Crippen LogP contribution in [0.2, 0.25) is 5.02 Å². The van der Waals surface area contributed by atoms with Gasteiger partial charge in [-0.2, -0.15) is 4.98 Å². The standard InChI is InChI=1S/C14H8ClNO2S/c15-10-6-2-3-7-11(10)18-14-16-13(17)9-5-1-4-8-12(9)19-14/h1-8H. The molecule has 0 N–H and O–H groups in total. The number of hydrogen-bond donors (Lipinski definition) is 0. The van der Waals surface area contributed by atoms with Crippen molar-refractivity contribution in [2.75, 3.05) is 0 Å². The van der Waals surface area contributed by atoms with Crippen LogP contribution in [0.15, 0.2) is 53.3 Å². The number of halogens is 1. The minimum absolute atomic E-state index is 0.289. The van der Waals surface area contributed by atoms with Crippen molar-refractivity contribution in [3.63, 3.8) is 0 Å². The summed E-state index contributed by atoms with van der Waals surface area (Å²) in [7, 11) is 0. The molecule has 0 spiro atoms. The van der Waals surface area contributed by atoms with Crippen molar-refractivity contribution in [2.24, 2.45) is 0 Å². The van der Waals surface area contributed by atoms with Crippen molar-refractivity contribution < 1.29 is 4.74 Å². The fourth-order valence-corrected chi connectivity index (χ4v) is 2.69. The smallest absolute Gasteiger partial charge is 0.282 e. The second-order valence-corrected chi connectivity index (χ2v) is 5.21. The molecule has 3 nitrogen and oxygen atoms in total. The van der Waals surface area contributed by atoms with Gasteiger partial charge in [0, 0.05) is 4.70 Å². The summed E-state index contributed by atoms with van der Waals surface area (Å²) in [6, 6.07) is 14.4. The lowest BCUT2D eigenvalue weighted by atomic mass is 10.3. The Morgan fingerprint density at radius 3 is 2.63 bits per heavy atom. The van der Waals surface area contributed by atoms with Crippen LogP contribution in [-0.2, 0) is 0 Å². The molecule has 0 bridgehead atoms. The minimum Gasteiger partial charge on any atom is -0.429 e. The van der Waals surface area contributed by atoms with Crippen molar-refractivity contribution in [3.8, 4) is 10.9 Å². The lowest BCUT2D eigenvalue weighted by Gasteiger charge is -2.05. The predicted molar refractivity (Wildman–Crippen MR) is 77.4 cm³/mol. The van der Waals surface area contributed by atoms with Crippen molar-refractivity contribution in [1.29, 1.82) is 0 Å². The fourth-order valence-electron chi connectivity index (χ4n) is 1.66. The molecule has 0 aliphatic heterocycles. The molecule has 0 aliphatic carbocycles. The van der Waals surface area contributed by atoms with Gasteiger partial charge in [0.15, 0.2) is 0 Å². The number of ether oxygens (including phenoxy) is 1. The van der Waals surface area contributed by atoms with Crippen LogP contribution < -0.4 is 10.3 Å². The summed E-state index contributed by atoms with van der Waals surface area (Å²) in [5.41, 5.74) is -0.295. The molecule has 19 heavy (non-hydrogen) atoms. The zero-order valence-electron chi connectivity index (χ0n) is 9.67. The Labute approximate surface area is 118 Å². The van der Waals surface area contributed by atoms with Crippen LogP contribution in [0.1, 0.15) is 0 Å². The lowest BCUT2D eigenvalue weighted by Crippen LogP contribution is -2.05. The Kier molecular flexibility index (Phi) is 3.19. The van der Waals surface area contributed by atoms with E-state index in [0.717, 1.165) is 4.70 Å². The van der Waals surface area contributed by atoms with Gasteiger partial charge in [-0.15, -0.1) is 0 Å². The SMILES string of the molecule is O=c1nc(Oc2ccccc2Cl)sc2ccccc12. The number of para-hydroxylation sites is 1. The van der Waals surface area contributed by atoms with Gasteiger partial charge in [-0.25, -0.2) is 0 Å². The summed E-state index contributed by atoms with van der Waals surface area (Å²) in [5, 5.41) is 1.37. The maximum absolute atomic E-state index is 11.9. The number of fused-ring (bicyclic) bond motifs is 1. The first-order valence-corrected chi connectivity index (χ1v) is 6.76. The highest BCUT2D eigenvalue weighted by molar-refractivity contribution is 7.19. The van der Waals surface area contributed by atoms with Crippen LogP contribution in [0.25, 0.3) is 10.1 Å². The second-order valence-electron chi connectivity index (χ2n) is 3.81. The third-order valence-corrected chi connectivity index (χ3v) is 3.78. The van der Waals surface area contributed by atoms with Gasteiger partial charge >= 0.3 is 0 Å². The highest BCUT2D eigenvalue weighted by Crippen LogP contribution is 2.31. The highest BCUT2D eigenvalue weighted by Gasteiger charge is 2.07. The number of hydrogen-bond acceptors (Lipinski definition) is 4. The zero-order chi connectivity index (χ0) is 13.2. The predicted octanol–water partition coefficient (Wildman–Crippen LogP) is 4.10. The van der Waals surface area contributed by atoms with Gasteiger partial charge < -0.3 is 4.74 Å². The number of rotatable bonds is 2. The summed E-state index contributed by atoms with van der Waals surface area (Å²) in [6.07, 6.45) is 0. The van der Waals surface area contributed by atoms with Gasteiger partial charge in [0.1, 0.15) is 5.75 Å². The maximum atomic E-state index is 11.9. The maximum Gasteiger partial charge on any atom is 0.282 e. The molecule has 3 aromatic rings. The summed E-state index contributed by atoms with van der Waals surface area (Å²) in [6.45, 7) is 0. The van der Waals surface area contributed by atoms with Crippen LogP contribution in [0.5, 0.6) is 10.9 Å². The van der Waals surface area contributed by atoms with Crippen molar-refractivity contribution in [1.82, 2.24) is 4.98 Å². The van der Waals surface area contributed by atoms with E-state index in [0.29, 0.717) is 16.2 Å². The Morgan fingerprint density at radius 1 is 1.05 bits per heavy atom. The van der Waals surface area contributed by atoms with Crippen LogP contribution >= 0.6 is 22.9 Å². The number of benzene rings is 2. The average molecular weight is 290 g/mol. The molecule has 0 saturated carbocycles.